The number of aromatic nitrogens is 2. The largest absolute Gasteiger partial charge is 0.494 e. The minimum Gasteiger partial charge on any atom is -0.494 e. The molecule has 0 radical (unpaired) electrons. The number of imidazole rings is 1. The normalized spacial score (nSPS) is 11.8. The Morgan fingerprint density at radius 2 is 1.81 bits per heavy atom. The van der Waals surface area contributed by atoms with Gasteiger partial charge in [-0.1, -0.05) is 55.3 Å². The first kappa shape index (κ1) is 28.8. The third-order valence-corrected chi connectivity index (χ3v) is 7.28. The van der Waals surface area contributed by atoms with Crippen LogP contribution >= 0.6 is 11.6 Å². The zero-order chi connectivity index (χ0) is 30.0. The van der Waals surface area contributed by atoms with E-state index in [1.54, 1.807) is 30.3 Å². The maximum absolute atomic E-state index is 14.3. The van der Waals surface area contributed by atoms with E-state index >= 15 is 0 Å². The molecule has 1 amide bonds. The number of H-pyrrole nitrogens is 1. The predicted octanol–water partition coefficient (Wildman–Crippen LogP) is 7.81. The van der Waals surface area contributed by atoms with Crippen molar-refractivity contribution in [3.8, 4) is 28.3 Å². The van der Waals surface area contributed by atoms with Crippen molar-refractivity contribution >= 4 is 34.5 Å². The molecular formula is C32H26ClF2N3O4. The van der Waals surface area contributed by atoms with Crippen LogP contribution in [0, 0.1) is 11.6 Å². The first-order chi connectivity index (χ1) is 20.2. The summed E-state index contributed by atoms with van der Waals surface area (Å²) >= 11 is 6.63. The predicted molar refractivity (Wildman–Crippen MR) is 157 cm³/mol. The van der Waals surface area contributed by atoms with Gasteiger partial charge in [0.2, 0.25) is 0 Å². The van der Waals surface area contributed by atoms with Crippen LogP contribution in [0.2, 0.25) is 5.02 Å². The molecule has 5 rings (SSSR count). The lowest BCUT2D eigenvalue weighted by atomic mass is 9.93. The van der Waals surface area contributed by atoms with Crippen LogP contribution in [-0.2, 0) is 0 Å². The fourth-order valence-corrected chi connectivity index (χ4v) is 5.19. The lowest BCUT2D eigenvalue weighted by molar-refractivity contribution is 0.0697. The van der Waals surface area contributed by atoms with Gasteiger partial charge in [0.05, 0.1) is 29.7 Å². The topological polar surface area (TPSA) is 104 Å². The van der Waals surface area contributed by atoms with Gasteiger partial charge in [-0.15, -0.1) is 0 Å². The molecule has 7 nitrogen and oxygen atoms in total. The van der Waals surface area contributed by atoms with E-state index in [4.69, 9.17) is 16.3 Å². The summed E-state index contributed by atoms with van der Waals surface area (Å²) < 4.78 is 32.8. The Morgan fingerprint density at radius 1 is 1.05 bits per heavy atom. The summed E-state index contributed by atoms with van der Waals surface area (Å²) in [5.41, 5.74) is 2.74. The molecular weight excluding hydrogens is 564 g/mol. The van der Waals surface area contributed by atoms with Crippen molar-refractivity contribution in [1.29, 1.82) is 0 Å². The number of fused-ring (bicyclic) bond motifs is 1. The number of aromatic amines is 1. The minimum atomic E-state index is -1.26. The summed E-state index contributed by atoms with van der Waals surface area (Å²) in [6.45, 7) is 1.97. The van der Waals surface area contributed by atoms with Gasteiger partial charge >= 0.3 is 5.97 Å². The fraction of sp³-hybridized carbons (Fsp3) is 0.156. The number of rotatable bonds is 9. The molecule has 3 N–H and O–H groups in total. The van der Waals surface area contributed by atoms with E-state index in [-0.39, 0.29) is 39.3 Å². The molecule has 0 fully saturated rings. The highest BCUT2D eigenvalue weighted by Gasteiger charge is 2.23. The Hall–Kier alpha value is -4.76. The van der Waals surface area contributed by atoms with Gasteiger partial charge in [0, 0.05) is 33.8 Å². The number of methoxy groups -OCH3 is 1. The third kappa shape index (κ3) is 5.69. The van der Waals surface area contributed by atoms with Crippen molar-refractivity contribution in [2.75, 3.05) is 7.11 Å². The molecule has 0 saturated heterocycles. The molecule has 0 saturated carbocycles. The fourth-order valence-electron chi connectivity index (χ4n) is 4.92. The summed E-state index contributed by atoms with van der Waals surface area (Å²) in [6.07, 6.45) is 1.37. The second kappa shape index (κ2) is 12.0. The van der Waals surface area contributed by atoms with Gasteiger partial charge in [0.15, 0.2) is 11.6 Å². The average Bonchev–Trinajstić information content (AvgIpc) is 3.39. The third-order valence-electron chi connectivity index (χ3n) is 6.96. The van der Waals surface area contributed by atoms with Gasteiger partial charge in [0.25, 0.3) is 5.91 Å². The van der Waals surface area contributed by atoms with Crippen LogP contribution in [0.1, 0.15) is 52.1 Å². The summed E-state index contributed by atoms with van der Waals surface area (Å²) in [7, 11) is 1.36. The van der Waals surface area contributed by atoms with Crippen LogP contribution in [0.5, 0.6) is 5.75 Å². The number of hydrogen-bond donors (Lipinski definition) is 3. The van der Waals surface area contributed by atoms with E-state index in [1.807, 2.05) is 6.92 Å². The number of carboxylic acids is 1. The number of carbonyl (C=O) groups is 2. The number of halogens is 3. The number of ether oxygens (including phenoxy) is 1. The van der Waals surface area contributed by atoms with Crippen LogP contribution in [-0.4, -0.2) is 34.1 Å². The molecule has 0 aliphatic heterocycles. The Kier molecular flexibility index (Phi) is 8.22. The van der Waals surface area contributed by atoms with Crippen LogP contribution in [0.25, 0.3) is 33.5 Å². The molecule has 10 heteroatoms. The minimum absolute atomic E-state index is 0.0366. The molecule has 0 unspecified atom stereocenters. The molecule has 0 aliphatic rings. The van der Waals surface area contributed by atoms with E-state index in [1.165, 1.54) is 49.6 Å². The lowest BCUT2D eigenvalue weighted by Crippen LogP contribution is -2.28. The number of aromatic carboxylic acids is 1. The van der Waals surface area contributed by atoms with Crippen LogP contribution in [0.15, 0.2) is 72.8 Å². The maximum atomic E-state index is 14.3. The van der Waals surface area contributed by atoms with Gasteiger partial charge in [-0.25, -0.2) is 18.6 Å². The van der Waals surface area contributed by atoms with Gasteiger partial charge in [0.1, 0.15) is 11.6 Å². The van der Waals surface area contributed by atoms with Crippen molar-refractivity contribution in [2.45, 2.75) is 25.8 Å². The maximum Gasteiger partial charge on any atom is 0.336 e. The van der Waals surface area contributed by atoms with E-state index in [0.717, 1.165) is 12.0 Å². The first-order valence-corrected chi connectivity index (χ1v) is 13.5. The molecule has 5 aromatic rings. The quantitative estimate of drug-likeness (QED) is 0.163. The van der Waals surface area contributed by atoms with Gasteiger partial charge in [-0.3, -0.25) is 4.79 Å². The van der Waals surface area contributed by atoms with E-state index in [9.17, 15) is 23.5 Å². The molecule has 0 bridgehead atoms. The highest BCUT2D eigenvalue weighted by atomic mass is 35.5. The number of benzene rings is 4. The number of amides is 1. The zero-order valence-corrected chi connectivity index (χ0v) is 23.4. The summed E-state index contributed by atoms with van der Waals surface area (Å²) in [5.74, 6) is -2.29. The molecule has 42 heavy (non-hydrogen) atoms. The molecule has 0 spiro atoms. The van der Waals surface area contributed by atoms with Crippen LogP contribution < -0.4 is 10.1 Å². The highest BCUT2D eigenvalue weighted by Crippen LogP contribution is 2.39. The lowest BCUT2D eigenvalue weighted by Gasteiger charge is -2.19. The van der Waals surface area contributed by atoms with Crippen LogP contribution in [0.3, 0.4) is 0 Å². The highest BCUT2D eigenvalue weighted by molar-refractivity contribution is 6.34. The van der Waals surface area contributed by atoms with Crippen molar-refractivity contribution in [3.63, 3.8) is 0 Å². The molecule has 4 aromatic carbocycles. The SMILES string of the molecule is CCC[C@H](NC(=O)c1ccc(-c2c(Cl)cccc2-c2nc3cc(OC)c(F)cc3[nH]2)c(C(=O)O)c1)c1ccc(F)cc1. The molecule has 1 aromatic heterocycles. The Balaban J connectivity index is 1.55. The molecule has 0 aliphatic carbocycles. The Morgan fingerprint density at radius 3 is 2.50 bits per heavy atom. The monoisotopic (exact) mass is 589 g/mol. The van der Waals surface area contributed by atoms with E-state index < -0.39 is 17.7 Å². The second-order valence-electron chi connectivity index (χ2n) is 9.68. The van der Waals surface area contributed by atoms with Crippen molar-refractivity contribution < 1.29 is 28.2 Å². The van der Waals surface area contributed by atoms with Crippen LogP contribution in [0.4, 0.5) is 8.78 Å². The van der Waals surface area contributed by atoms with E-state index in [2.05, 4.69) is 15.3 Å². The summed E-state index contributed by atoms with van der Waals surface area (Å²) in [6, 6.07) is 17.6. The molecule has 214 valence electrons. The van der Waals surface area contributed by atoms with Crippen molar-refractivity contribution in [1.82, 2.24) is 15.3 Å². The standard InChI is InChI=1S/C32H26ClF2N3O4/c1-3-5-25(17-8-11-19(34)12-9-17)38-31(39)18-10-13-20(22(14-18)32(40)41)29-21(6-4-7-23(29)33)30-36-26-15-24(35)28(42-2)16-27(26)37-30/h4,6-16,25H,3,5H2,1-2H3,(H,36,37)(H,38,39)(H,40,41)/t25-/m0/s1. The van der Waals surface area contributed by atoms with Crippen molar-refractivity contribution in [2.24, 2.45) is 0 Å². The van der Waals surface area contributed by atoms with Gasteiger partial charge in [-0.2, -0.15) is 0 Å². The van der Waals surface area contributed by atoms with Crippen molar-refractivity contribution in [3.05, 3.63) is 106 Å². The van der Waals surface area contributed by atoms with E-state index in [0.29, 0.717) is 34.4 Å². The van der Waals surface area contributed by atoms with Gasteiger partial charge < -0.3 is 20.1 Å². The number of nitrogens with one attached hydrogen (secondary N) is 2. The van der Waals surface area contributed by atoms with Gasteiger partial charge in [-0.05, 0) is 47.9 Å². The Bertz CT molecular complexity index is 1800. The number of carboxylic acid groups (broad SMARTS) is 1. The smallest absolute Gasteiger partial charge is 0.336 e. The average molecular weight is 590 g/mol. The number of carbonyl (C=O) groups excluding carboxylic acids is 1. The number of nitrogens with zero attached hydrogens (tertiary/aromatic N) is 1. The molecule has 1 heterocycles. The molecule has 1 atom stereocenters. The summed E-state index contributed by atoms with van der Waals surface area (Å²) in [5, 5.41) is 13.4. The summed E-state index contributed by atoms with van der Waals surface area (Å²) in [4.78, 5) is 33.4. The second-order valence-corrected chi connectivity index (χ2v) is 10.1. The zero-order valence-electron chi connectivity index (χ0n) is 22.7. The first-order valence-electron chi connectivity index (χ1n) is 13.2. The number of hydrogen-bond acceptors (Lipinski definition) is 4. The Labute approximate surface area is 245 Å².